The molecule has 0 aliphatic heterocycles. The highest BCUT2D eigenvalue weighted by molar-refractivity contribution is 7.89. The molecule has 0 aliphatic carbocycles. The number of para-hydroxylation sites is 1. The average molecular weight is 370 g/mol. The monoisotopic (exact) mass is 370 g/mol. The van der Waals surface area contributed by atoms with E-state index >= 15 is 0 Å². The summed E-state index contributed by atoms with van der Waals surface area (Å²) in [6.45, 7) is -2.50. The normalized spacial score (nSPS) is 11.9. The summed E-state index contributed by atoms with van der Waals surface area (Å²) in [6.07, 6.45) is 0.448. The van der Waals surface area contributed by atoms with Gasteiger partial charge >= 0.3 is 6.61 Å². The number of halogens is 2. The molecule has 0 bridgehead atoms. The van der Waals surface area contributed by atoms with Crippen molar-refractivity contribution < 1.29 is 21.9 Å². The minimum atomic E-state index is -4.03. The van der Waals surface area contributed by atoms with Crippen molar-refractivity contribution in [1.82, 2.24) is 4.31 Å². The summed E-state index contributed by atoms with van der Waals surface area (Å²) in [4.78, 5) is -0.289. The fourth-order valence-corrected chi connectivity index (χ4v) is 3.92. The second-order valence-corrected chi connectivity index (χ2v) is 7.20. The van der Waals surface area contributed by atoms with Crippen LogP contribution < -0.4 is 10.5 Å². The van der Waals surface area contributed by atoms with Crippen molar-refractivity contribution in [1.29, 1.82) is 0 Å². The van der Waals surface area contributed by atoms with Crippen molar-refractivity contribution in [3.8, 4) is 5.75 Å². The topological polar surface area (TPSA) is 72.6 Å². The number of nitrogens with zero attached hydrogens (tertiary/aromatic N) is 1. The number of sulfonamides is 1. The van der Waals surface area contributed by atoms with E-state index in [1.807, 2.05) is 6.07 Å². The van der Waals surface area contributed by atoms with Crippen LogP contribution in [-0.2, 0) is 16.6 Å². The van der Waals surface area contributed by atoms with Gasteiger partial charge in [-0.2, -0.15) is 13.1 Å². The number of alkyl halides is 2. The number of rotatable bonds is 9. The van der Waals surface area contributed by atoms with Crippen molar-refractivity contribution in [3.63, 3.8) is 0 Å². The minimum Gasteiger partial charge on any atom is -0.433 e. The van der Waals surface area contributed by atoms with Crippen molar-refractivity contribution in [2.24, 2.45) is 5.73 Å². The fraction of sp³-hybridized carbons (Fsp3) is 0.294. The van der Waals surface area contributed by atoms with Gasteiger partial charge in [0.25, 0.3) is 0 Å². The molecule has 0 saturated heterocycles. The van der Waals surface area contributed by atoms with Crippen LogP contribution in [0.15, 0.2) is 59.5 Å². The van der Waals surface area contributed by atoms with Gasteiger partial charge < -0.3 is 10.5 Å². The first-order valence-corrected chi connectivity index (χ1v) is 9.17. The van der Waals surface area contributed by atoms with Crippen LogP contribution in [0.4, 0.5) is 8.78 Å². The fourth-order valence-electron chi connectivity index (χ4n) is 2.33. The Bertz CT molecular complexity index is 770. The molecule has 2 aromatic carbocycles. The lowest BCUT2D eigenvalue weighted by Crippen LogP contribution is -2.33. The molecule has 8 heteroatoms. The summed E-state index contributed by atoms with van der Waals surface area (Å²) in [5.41, 5.74) is 6.29. The lowest BCUT2D eigenvalue weighted by atomic mass is 10.2. The van der Waals surface area contributed by atoms with Crippen LogP contribution in [0, 0.1) is 0 Å². The Morgan fingerprint density at radius 3 is 2.32 bits per heavy atom. The molecule has 0 radical (unpaired) electrons. The van der Waals surface area contributed by atoms with Crippen molar-refractivity contribution in [3.05, 3.63) is 60.2 Å². The number of ether oxygens (including phenoxy) is 1. The summed E-state index contributed by atoms with van der Waals surface area (Å²) in [5.74, 6) is -0.372. The van der Waals surface area contributed by atoms with E-state index in [1.54, 1.807) is 24.3 Å². The molecule has 5 nitrogen and oxygen atoms in total. The Labute approximate surface area is 146 Å². The smallest absolute Gasteiger partial charge is 0.387 e. The van der Waals surface area contributed by atoms with E-state index in [0.29, 0.717) is 13.0 Å². The van der Waals surface area contributed by atoms with Gasteiger partial charge in [-0.15, -0.1) is 0 Å². The quantitative estimate of drug-likeness (QED) is 0.737. The number of hydrogen-bond donors (Lipinski definition) is 1. The van der Waals surface area contributed by atoms with E-state index in [4.69, 9.17) is 5.73 Å². The van der Waals surface area contributed by atoms with Gasteiger partial charge in [-0.05, 0) is 30.7 Å². The highest BCUT2D eigenvalue weighted by Gasteiger charge is 2.28. The Kier molecular flexibility index (Phi) is 6.86. The summed E-state index contributed by atoms with van der Waals surface area (Å²) < 4.78 is 56.8. The molecule has 0 aromatic heterocycles. The Hall–Kier alpha value is -2.03. The predicted octanol–water partition coefficient (Wildman–Crippen LogP) is 2.83. The summed E-state index contributed by atoms with van der Waals surface area (Å²) in [5, 5.41) is 0. The molecular formula is C17H20F2N2O3S. The molecule has 0 aliphatic rings. The Morgan fingerprint density at radius 2 is 1.68 bits per heavy atom. The van der Waals surface area contributed by atoms with Crippen LogP contribution in [0.5, 0.6) is 5.75 Å². The highest BCUT2D eigenvalue weighted by Crippen LogP contribution is 2.28. The molecule has 0 amide bonds. The third-order valence-electron chi connectivity index (χ3n) is 3.50. The van der Waals surface area contributed by atoms with E-state index in [9.17, 15) is 17.2 Å². The number of hydrogen-bond acceptors (Lipinski definition) is 4. The first-order valence-electron chi connectivity index (χ1n) is 7.73. The first-order chi connectivity index (χ1) is 11.9. The van der Waals surface area contributed by atoms with Crippen molar-refractivity contribution in [2.45, 2.75) is 24.5 Å². The molecule has 0 spiro atoms. The van der Waals surface area contributed by atoms with Crippen LogP contribution in [0.3, 0.4) is 0 Å². The van der Waals surface area contributed by atoms with E-state index in [-0.39, 0.29) is 23.7 Å². The molecule has 2 aromatic rings. The Morgan fingerprint density at radius 1 is 1.04 bits per heavy atom. The molecule has 0 unspecified atom stereocenters. The van der Waals surface area contributed by atoms with E-state index in [2.05, 4.69) is 4.74 Å². The van der Waals surface area contributed by atoms with Gasteiger partial charge in [0.1, 0.15) is 10.6 Å². The highest BCUT2D eigenvalue weighted by atomic mass is 32.2. The minimum absolute atomic E-state index is 0.117. The zero-order chi connectivity index (χ0) is 18.3. The van der Waals surface area contributed by atoms with Gasteiger partial charge in [0, 0.05) is 13.1 Å². The average Bonchev–Trinajstić information content (AvgIpc) is 2.59. The Balaban J connectivity index is 2.37. The maximum atomic E-state index is 13.0. The third-order valence-corrected chi connectivity index (χ3v) is 5.38. The second kappa shape index (κ2) is 8.89. The maximum Gasteiger partial charge on any atom is 0.387 e. The lowest BCUT2D eigenvalue weighted by Gasteiger charge is -2.23. The van der Waals surface area contributed by atoms with Crippen LogP contribution in [0.1, 0.15) is 12.0 Å². The molecule has 0 atom stereocenters. The van der Waals surface area contributed by atoms with Crippen molar-refractivity contribution in [2.75, 3.05) is 13.1 Å². The maximum absolute atomic E-state index is 13.0. The molecule has 2 rings (SSSR count). The first kappa shape index (κ1) is 19.3. The largest absolute Gasteiger partial charge is 0.433 e. The molecular weight excluding hydrogens is 350 g/mol. The molecule has 0 heterocycles. The van der Waals surface area contributed by atoms with Gasteiger partial charge in [0.2, 0.25) is 10.0 Å². The predicted molar refractivity (Wildman–Crippen MR) is 90.8 cm³/mol. The third kappa shape index (κ3) is 5.22. The van der Waals surface area contributed by atoms with Gasteiger partial charge in [-0.1, -0.05) is 42.5 Å². The SMILES string of the molecule is NCCCN(Cc1ccccc1)S(=O)(=O)c1ccccc1OC(F)F. The lowest BCUT2D eigenvalue weighted by molar-refractivity contribution is -0.0518. The summed E-state index contributed by atoms with van der Waals surface area (Å²) >= 11 is 0. The van der Waals surface area contributed by atoms with Gasteiger partial charge in [-0.3, -0.25) is 0 Å². The van der Waals surface area contributed by atoms with E-state index in [0.717, 1.165) is 5.56 Å². The molecule has 136 valence electrons. The number of nitrogens with two attached hydrogens (primary N) is 1. The summed E-state index contributed by atoms with van der Waals surface area (Å²) in [7, 11) is -4.03. The summed E-state index contributed by atoms with van der Waals surface area (Å²) in [6, 6.07) is 14.4. The standard InChI is InChI=1S/C17H20F2N2O3S/c18-17(19)24-15-9-4-5-10-16(15)25(22,23)21(12-6-11-20)13-14-7-2-1-3-8-14/h1-5,7-10,17H,6,11-13,20H2. The van der Waals surface area contributed by atoms with Gasteiger partial charge in [-0.25, -0.2) is 8.42 Å². The van der Waals surface area contributed by atoms with E-state index in [1.165, 1.54) is 28.6 Å². The zero-order valence-electron chi connectivity index (χ0n) is 13.5. The van der Waals surface area contributed by atoms with Crippen LogP contribution in [-0.4, -0.2) is 32.4 Å². The van der Waals surface area contributed by atoms with Crippen LogP contribution in [0.2, 0.25) is 0 Å². The van der Waals surface area contributed by atoms with E-state index < -0.39 is 16.6 Å². The van der Waals surface area contributed by atoms with Gasteiger partial charge in [0.15, 0.2) is 0 Å². The van der Waals surface area contributed by atoms with Gasteiger partial charge in [0.05, 0.1) is 0 Å². The van der Waals surface area contributed by atoms with Crippen molar-refractivity contribution >= 4 is 10.0 Å². The molecule has 0 saturated carbocycles. The molecule has 2 N–H and O–H groups in total. The van der Waals surface area contributed by atoms with Crippen LogP contribution in [0.25, 0.3) is 0 Å². The van der Waals surface area contributed by atoms with Crippen LogP contribution >= 0.6 is 0 Å². The molecule has 0 fully saturated rings. The number of benzene rings is 2. The second-order valence-electron chi connectivity index (χ2n) is 5.29. The zero-order valence-corrected chi connectivity index (χ0v) is 14.3. The molecule has 25 heavy (non-hydrogen) atoms.